The van der Waals surface area contributed by atoms with Crippen LogP contribution in [0.1, 0.15) is 36.4 Å². The van der Waals surface area contributed by atoms with Crippen LogP contribution < -0.4 is 5.73 Å². The molecule has 1 aromatic carbocycles. The molecule has 15 heavy (non-hydrogen) atoms. The standard InChI is InChI=1S/C13H18N2/c14-11-6-1-4-10-5-2-7-12(13(10)11)15-8-3-9-15/h1,4,6,12H,2-3,5,7-9,14H2. The molecular weight excluding hydrogens is 184 g/mol. The van der Waals surface area contributed by atoms with Crippen LogP contribution in [0.5, 0.6) is 0 Å². The van der Waals surface area contributed by atoms with Gasteiger partial charge in [-0.2, -0.15) is 0 Å². The van der Waals surface area contributed by atoms with E-state index in [2.05, 4.69) is 23.1 Å². The SMILES string of the molecule is Nc1cccc2c1C(N1CCC1)CCC2. The first kappa shape index (κ1) is 9.22. The average molecular weight is 202 g/mol. The summed E-state index contributed by atoms with van der Waals surface area (Å²) in [5.74, 6) is 0. The third kappa shape index (κ3) is 1.44. The zero-order chi connectivity index (χ0) is 10.3. The Morgan fingerprint density at radius 3 is 2.80 bits per heavy atom. The lowest BCUT2D eigenvalue weighted by Crippen LogP contribution is -2.41. The van der Waals surface area contributed by atoms with Crippen LogP contribution in [-0.2, 0) is 6.42 Å². The second-order valence-corrected chi connectivity index (χ2v) is 4.72. The summed E-state index contributed by atoms with van der Waals surface area (Å²) in [6, 6.07) is 7.00. The molecule has 0 saturated carbocycles. The Kier molecular flexibility index (Phi) is 2.17. The van der Waals surface area contributed by atoms with Gasteiger partial charge in [-0.1, -0.05) is 12.1 Å². The number of anilines is 1. The van der Waals surface area contributed by atoms with Crippen LogP contribution in [0.25, 0.3) is 0 Å². The van der Waals surface area contributed by atoms with E-state index in [0.717, 1.165) is 5.69 Å². The summed E-state index contributed by atoms with van der Waals surface area (Å²) in [5, 5.41) is 0. The van der Waals surface area contributed by atoms with E-state index in [9.17, 15) is 0 Å². The van der Waals surface area contributed by atoms with Crippen LogP contribution in [0.4, 0.5) is 5.69 Å². The van der Waals surface area contributed by atoms with E-state index in [0.29, 0.717) is 6.04 Å². The van der Waals surface area contributed by atoms with Crippen molar-refractivity contribution >= 4 is 5.69 Å². The molecule has 1 atom stereocenters. The van der Waals surface area contributed by atoms with Gasteiger partial charge >= 0.3 is 0 Å². The van der Waals surface area contributed by atoms with E-state index in [-0.39, 0.29) is 0 Å². The van der Waals surface area contributed by atoms with Crippen LogP contribution in [0.2, 0.25) is 0 Å². The first-order valence-electron chi connectivity index (χ1n) is 5.97. The van der Waals surface area contributed by atoms with Crippen molar-refractivity contribution in [3.05, 3.63) is 29.3 Å². The number of rotatable bonds is 1. The molecule has 1 aromatic rings. The highest BCUT2D eigenvalue weighted by Crippen LogP contribution is 2.39. The molecule has 0 radical (unpaired) electrons. The van der Waals surface area contributed by atoms with Gasteiger partial charge in [-0.05, 0) is 56.0 Å². The summed E-state index contributed by atoms with van der Waals surface area (Å²) in [6.07, 6.45) is 5.18. The van der Waals surface area contributed by atoms with Gasteiger partial charge < -0.3 is 5.73 Å². The minimum atomic E-state index is 0.615. The second-order valence-electron chi connectivity index (χ2n) is 4.72. The van der Waals surface area contributed by atoms with Gasteiger partial charge in [-0.15, -0.1) is 0 Å². The molecule has 1 fully saturated rings. The van der Waals surface area contributed by atoms with E-state index in [4.69, 9.17) is 5.73 Å². The lowest BCUT2D eigenvalue weighted by Gasteiger charge is -2.41. The molecule has 2 N–H and O–H groups in total. The molecule has 3 rings (SSSR count). The van der Waals surface area contributed by atoms with Crippen molar-refractivity contribution in [3.8, 4) is 0 Å². The zero-order valence-electron chi connectivity index (χ0n) is 9.08. The topological polar surface area (TPSA) is 29.3 Å². The molecule has 1 heterocycles. The summed E-state index contributed by atoms with van der Waals surface area (Å²) >= 11 is 0. The van der Waals surface area contributed by atoms with E-state index in [1.807, 2.05) is 0 Å². The number of benzene rings is 1. The molecule has 0 bridgehead atoms. The highest BCUT2D eigenvalue weighted by atomic mass is 15.2. The molecule has 1 aliphatic heterocycles. The van der Waals surface area contributed by atoms with Crippen LogP contribution in [0.15, 0.2) is 18.2 Å². The largest absolute Gasteiger partial charge is 0.398 e. The molecule has 1 unspecified atom stereocenters. The number of nitrogen functional groups attached to an aromatic ring is 1. The van der Waals surface area contributed by atoms with Crippen molar-refractivity contribution < 1.29 is 0 Å². The highest BCUT2D eigenvalue weighted by molar-refractivity contribution is 5.53. The van der Waals surface area contributed by atoms with Crippen molar-refractivity contribution in [2.45, 2.75) is 31.7 Å². The quantitative estimate of drug-likeness (QED) is 0.708. The molecule has 2 nitrogen and oxygen atoms in total. The van der Waals surface area contributed by atoms with E-state index in [1.165, 1.54) is 49.9 Å². The van der Waals surface area contributed by atoms with Gasteiger partial charge in [0.2, 0.25) is 0 Å². The third-order valence-electron chi connectivity index (χ3n) is 3.82. The van der Waals surface area contributed by atoms with Crippen molar-refractivity contribution in [1.29, 1.82) is 0 Å². The number of hydrogen-bond acceptors (Lipinski definition) is 2. The van der Waals surface area contributed by atoms with Crippen molar-refractivity contribution in [2.24, 2.45) is 0 Å². The molecule has 1 aliphatic carbocycles. The highest BCUT2D eigenvalue weighted by Gasteiger charge is 2.30. The Labute approximate surface area is 91.1 Å². The van der Waals surface area contributed by atoms with Crippen molar-refractivity contribution in [1.82, 2.24) is 4.90 Å². The first-order valence-corrected chi connectivity index (χ1v) is 5.97. The van der Waals surface area contributed by atoms with Crippen LogP contribution >= 0.6 is 0 Å². The maximum Gasteiger partial charge on any atom is 0.0371 e. The minimum Gasteiger partial charge on any atom is -0.398 e. The fourth-order valence-electron chi connectivity index (χ4n) is 2.90. The van der Waals surface area contributed by atoms with Crippen molar-refractivity contribution in [3.63, 3.8) is 0 Å². The summed E-state index contributed by atoms with van der Waals surface area (Å²) in [6.45, 7) is 2.52. The lowest BCUT2D eigenvalue weighted by atomic mass is 9.84. The molecule has 80 valence electrons. The molecular formula is C13H18N2. The summed E-state index contributed by atoms with van der Waals surface area (Å²) < 4.78 is 0. The fourth-order valence-corrected chi connectivity index (χ4v) is 2.90. The molecule has 0 aromatic heterocycles. The summed E-state index contributed by atoms with van der Waals surface area (Å²) in [4.78, 5) is 2.58. The number of likely N-dealkylation sites (tertiary alicyclic amines) is 1. The van der Waals surface area contributed by atoms with E-state index < -0.39 is 0 Å². The average Bonchev–Trinajstić information content (AvgIpc) is 2.15. The normalized spacial score (nSPS) is 25.7. The predicted octanol–water partition coefficient (Wildman–Crippen LogP) is 2.35. The van der Waals surface area contributed by atoms with Gasteiger partial charge in [0.15, 0.2) is 0 Å². The molecule has 1 saturated heterocycles. The number of nitrogens with zero attached hydrogens (tertiary/aromatic N) is 1. The monoisotopic (exact) mass is 202 g/mol. The number of fused-ring (bicyclic) bond motifs is 1. The fraction of sp³-hybridized carbons (Fsp3) is 0.538. The van der Waals surface area contributed by atoms with Gasteiger partial charge in [0.25, 0.3) is 0 Å². The minimum absolute atomic E-state index is 0.615. The maximum atomic E-state index is 6.12. The Morgan fingerprint density at radius 1 is 1.20 bits per heavy atom. The second kappa shape index (κ2) is 3.53. The molecule has 2 aliphatic rings. The zero-order valence-corrected chi connectivity index (χ0v) is 9.08. The van der Waals surface area contributed by atoms with Crippen LogP contribution in [-0.4, -0.2) is 18.0 Å². The number of hydrogen-bond donors (Lipinski definition) is 1. The lowest BCUT2D eigenvalue weighted by molar-refractivity contribution is 0.106. The van der Waals surface area contributed by atoms with Gasteiger partial charge in [0.1, 0.15) is 0 Å². The number of nitrogens with two attached hydrogens (primary N) is 1. The molecule has 0 amide bonds. The van der Waals surface area contributed by atoms with E-state index in [1.54, 1.807) is 0 Å². The smallest absolute Gasteiger partial charge is 0.0371 e. The number of aryl methyl sites for hydroxylation is 1. The van der Waals surface area contributed by atoms with Crippen LogP contribution in [0, 0.1) is 0 Å². The van der Waals surface area contributed by atoms with Gasteiger partial charge in [0, 0.05) is 11.7 Å². The van der Waals surface area contributed by atoms with Gasteiger partial charge in [-0.3, -0.25) is 4.90 Å². The van der Waals surface area contributed by atoms with Gasteiger partial charge in [-0.25, -0.2) is 0 Å². The summed E-state index contributed by atoms with van der Waals surface area (Å²) in [7, 11) is 0. The van der Waals surface area contributed by atoms with Crippen molar-refractivity contribution in [2.75, 3.05) is 18.8 Å². The Morgan fingerprint density at radius 2 is 2.07 bits per heavy atom. The Bertz CT molecular complexity index is 369. The van der Waals surface area contributed by atoms with Crippen LogP contribution in [0.3, 0.4) is 0 Å². The van der Waals surface area contributed by atoms with Gasteiger partial charge in [0.05, 0.1) is 0 Å². The summed E-state index contributed by atoms with van der Waals surface area (Å²) in [5.41, 5.74) is 10.0. The third-order valence-corrected chi connectivity index (χ3v) is 3.82. The maximum absolute atomic E-state index is 6.12. The van der Waals surface area contributed by atoms with E-state index >= 15 is 0 Å². The molecule has 2 heteroatoms. The molecule has 0 spiro atoms. The predicted molar refractivity (Wildman–Crippen MR) is 62.7 cm³/mol. The Balaban J connectivity index is 2.00. The Hall–Kier alpha value is -1.02. The first-order chi connectivity index (χ1) is 7.36.